The highest BCUT2D eigenvalue weighted by Gasteiger charge is 2.31. The molecule has 0 spiro atoms. The van der Waals surface area contributed by atoms with Crippen LogP contribution in [0.15, 0.2) is 39.9 Å². The molecule has 0 bridgehead atoms. The highest BCUT2D eigenvalue weighted by molar-refractivity contribution is 5.28. The zero-order valence-corrected chi connectivity index (χ0v) is 13.7. The van der Waals surface area contributed by atoms with Crippen molar-refractivity contribution >= 4 is 0 Å². The molecule has 0 unspecified atom stereocenters. The number of rotatable bonds is 3. The molecule has 2 aliphatic rings. The van der Waals surface area contributed by atoms with Gasteiger partial charge >= 0.3 is 5.69 Å². The first-order valence-corrected chi connectivity index (χ1v) is 8.83. The monoisotopic (exact) mass is 326 g/mol. The molecule has 1 atom stereocenters. The standard InChI is InChI=1S/C19H22N2O3/c22-18-15-11-12-16(24-14-9-5-2-6-10-14)17(15)20-19(23)21(18)13-7-3-1-4-8-13/h2,5-6,9-10,13,16H,1,3-4,7-8,11-12H2,(H,20,23)/t16-/m0/s1. The molecule has 0 saturated heterocycles. The largest absolute Gasteiger partial charge is 0.484 e. The molecule has 2 aliphatic carbocycles. The summed E-state index contributed by atoms with van der Waals surface area (Å²) < 4.78 is 7.44. The lowest BCUT2D eigenvalue weighted by molar-refractivity contribution is 0.202. The Balaban J connectivity index is 1.68. The molecule has 1 saturated carbocycles. The number of aromatic nitrogens is 2. The van der Waals surface area contributed by atoms with Gasteiger partial charge in [-0.1, -0.05) is 37.5 Å². The van der Waals surface area contributed by atoms with Gasteiger partial charge in [-0.05, 0) is 37.8 Å². The van der Waals surface area contributed by atoms with Crippen molar-refractivity contribution in [2.45, 2.75) is 57.1 Å². The van der Waals surface area contributed by atoms with Gasteiger partial charge in [-0.3, -0.25) is 9.36 Å². The van der Waals surface area contributed by atoms with Crippen molar-refractivity contribution in [3.8, 4) is 5.75 Å². The third kappa shape index (κ3) is 2.68. The van der Waals surface area contributed by atoms with Gasteiger partial charge in [0.25, 0.3) is 5.56 Å². The van der Waals surface area contributed by atoms with Gasteiger partial charge in [-0.15, -0.1) is 0 Å². The average molecular weight is 326 g/mol. The Morgan fingerprint density at radius 3 is 2.50 bits per heavy atom. The van der Waals surface area contributed by atoms with Crippen molar-refractivity contribution in [2.24, 2.45) is 0 Å². The fourth-order valence-corrected chi connectivity index (χ4v) is 3.99. The van der Waals surface area contributed by atoms with Gasteiger partial charge < -0.3 is 9.72 Å². The third-order valence-electron chi connectivity index (χ3n) is 5.20. The first kappa shape index (κ1) is 15.2. The minimum Gasteiger partial charge on any atom is -0.484 e. The number of nitrogens with one attached hydrogen (secondary N) is 1. The second-order valence-corrected chi connectivity index (χ2v) is 6.75. The number of benzene rings is 1. The molecule has 0 aliphatic heterocycles. The fraction of sp³-hybridized carbons (Fsp3) is 0.474. The minimum atomic E-state index is -0.283. The Morgan fingerprint density at radius 2 is 1.75 bits per heavy atom. The van der Waals surface area contributed by atoms with Crippen molar-refractivity contribution < 1.29 is 4.74 Å². The lowest BCUT2D eigenvalue weighted by Crippen LogP contribution is -2.41. The van der Waals surface area contributed by atoms with Gasteiger partial charge in [0.15, 0.2) is 0 Å². The van der Waals surface area contributed by atoms with Gasteiger partial charge in [-0.2, -0.15) is 0 Å². The van der Waals surface area contributed by atoms with E-state index in [0.29, 0.717) is 12.1 Å². The van der Waals surface area contributed by atoms with Gasteiger partial charge in [0.2, 0.25) is 0 Å². The summed E-state index contributed by atoms with van der Waals surface area (Å²) >= 11 is 0. The van der Waals surface area contributed by atoms with Gasteiger partial charge in [0.1, 0.15) is 11.9 Å². The Morgan fingerprint density at radius 1 is 1.00 bits per heavy atom. The molecule has 1 fully saturated rings. The van der Waals surface area contributed by atoms with Crippen LogP contribution < -0.4 is 16.0 Å². The second-order valence-electron chi connectivity index (χ2n) is 6.75. The van der Waals surface area contributed by atoms with Gasteiger partial charge in [0.05, 0.1) is 5.69 Å². The summed E-state index contributed by atoms with van der Waals surface area (Å²) in [5.74, 6) is 0.757. The fourth-order valence-electron chi connectivity index (χ4n) is 3.99. The third-order valence-corrected chi connectivity index (χ3v) is 5.20. The average Bonchev–Trinajstić information content (AvgIpc) is 3.00. The Labute approximate surface area is 140 Å². The van der Waals surface area contributed by atoms with E-state index < -0.39 is 0 Å². The molecule has 1 aromatic carbocycles. The molecule has 1 heterocycles. The maximum absolute atomic E-state index is 12.9. The Hall–Kier alpha value is -2.30. The van der Waals surface area contributed by atoms with Crippen molar-refractivity contribution in [2.75, 3.05) is 0 Å². The summed E-state index contributed by atoms with van der Waals surface area (Å²) in [4.78, 5) is 28.4. The van der Waals surface area contributed by atoms with Crippen LogP contribution in [-0.4, -0.2) is 9.55 Å². The highest BCUT2D eigenvalue weighted by atomic mass is 16.5. The predicted octanol–water partition coefficient (Wildman–Crippen LogP) is 3.11. The van der Waals surface area contributed by atoms with E-state index in [1.54, 1.807) is 0 Å². The molecule has 0 amide bonds. The Bertz CT molecular complexity index is 832. The van der Waals surface area contributed by atoms with Crippen LogP contribution in [-0.2, 0) is 6.42 Å². The van der Waals surface area contributed by atoms with E-state index in [1.807, 2.05) is 30.3 Å². The summed E-state index contributed by atoms with van der Waals surface area (Å²) in [7, 11) is 0. The van der Waals surface area contributed by atoms with E-state index in [-0.39, 0.29) is 23.4 Å². The quantitative estimate of drug-likeness (QED) is 0.942. The summed E-state index contributed by atoms with van der Waals surface area (Å²) in [5.41, 5.74) is 0.996. The molecule has 2 aromatic rings. The van der Waals surface area contributed by atoms with E-state index in [0.717, 1.165) is 43.4 Å². The lowest BCUT2D eigenvalue weighted by Gasteiger charge is -2.23. The number of ether oxygens (including phenoxy) is 1. The van der Waals surface area contributed by atoms with Crippen molar-refractivity contribution in [1.82, 2.24) is 9.55 Å². The molecule has 126 valence electrons. The molecule has 24 heavy (non-hydrogen) atoms. The molecule has 4 rings (SSSR count). The van der Waals surface area contributed by atoms with Crippen LogP contribution in [0, 0.1) is 0 Å². The van der Waals surface area contributed by atoms with E-state index in [4.69, 9.17) is 4.74 Å². The maximum atomic E-state index is 12.9. The van der Waals surface area contributed by atoms with E-state index in [9.17, 15) is 9.59 Å². The minimum absolute atomic E-state index is 0.0504. The summed E-state index contributed by atoms with van der Waals surface area (Å²) in [6.45, 7) is 0. The van der Waals surface area contributed by atoms with Crippen molar-refractivity contribution in [3.05, 3.63) is 62.4 Å². The molecule has 5 heteroatoms. The predicted molar refractivity (Wildman–Crippen MR) is 91.6 cm³/mol. The smallest absolute Gasteiger partial charge is 0.328 e. The second kappa shape index (κ2) is 6.30. The van der Waals surface area contributed by atoms with Crippen molar-refractivity contribution in [1.29, 1.82) is 0 Å². The lowest BCUT2D eigenvalue weighted by atomic mass is 9.95. The summed E-state index contributed by atoms with van der Waals surface area (Å²) in [6, 6.07) is 9.58. The van der Waals surface area contributed by atoms with Crippen LogP contribution >= 0.6 is 0 Å². The molecule has 5 nitrogen and oxygen atoms in total. The van der Waals surface area contributed by atoms with Crippen LogP contribution in [0.1, 0.15) is 61.9 Å². The van der Waals surface area contributed by atoms with Crippen molar-refractivity contribution in [3.63, 3.8) is 0 Å². The van der Waals surface area contributed by atoms with E-state index in [2.05, 4.69) is 4.98 Å². The highest BCUT2D eigenvalue weighted by Crippen LogP contribution is 2.32. The van der Waals surface area contributed by atoms with E-state index in [1.165, 1.54) is 11.0 Å². The number of H-pyrrole nitrogens is 1. The molecular weight excluding hydrogens is 304 g/mol. The van der Waals surface area contributed by atoms with Crippen LogP contribution in [0.3, 0.4) is 0 Å². The molecular formula is C19H22N2O3. The maximum Gasteiger partial charge on any atom is 0.328 e. The number of aromatic amines is 1. The number of nitrogens with zero attached hydrogens (tertiary/aromatic N) is 1. The number of fused-ring (bicyclic) bond motifs is 1. The van der Waals surface area contributed by atoms with Crippen LogP contribution in [0.4, 0.5) is 0 Å². The summed E-state index contributed by atoms with van der Waals surface area (Å²) in [6.07, 6.45) is 6.36. The first-order valence-electron chi connectivity index (χ1n) is 8.83. The van der Waals surface area contributed by atoms with Crippen LogP contribution in [0.2, 0.25) is 0 Å². The Kier molecular flexibility index (Phi) is 4.00. The number of para-hydroxylation sites is 1. The van der Waals surface area contributed by atoms with Crippen LogP contribution in [0.5, 0.6) is 5.75 Å². The normalized spacial score (nSPS) is 20.8. The SMILES string of the molecule is O=c1[nH]c2c(c(=O)n1C1CCCCC1)CC[C@@H]2Oc1ccccc1. The van der Waals surface area contributed by atoms with E-state index >= 15 is 0 Å². The molecule has 1 N–H and O–H groups in total. The molecule has 0 radical (unpaired) electrons. The van der Waals surface area contributed by atoms with Gasteiger partial charge in [-0.25, -0.2) is 4.79 Å². The zero-order chi connectivity index (χ0) is 16.5. The zero-order valence-electron chi connectivity index (χ0n) is 13.7. The number of hydrogen-bond acceptors (Lipinski definition) is 3. The first-order chi connectivity index (χ1) is 11.7. The van der Waals surface area contributed by atoms with Crippen LogP contribution in [0.25, 0.3) is 0 Å². The van der Waals surface area contributed by atoms with Gasteiger partial charge in [0, 0.05) is 11.6 Å². The topological polar surface area (TPSA) is 64.1 Å². The molecule has 1 aromatic heterocycles. The summed E-state index contributed by atoms with van der Waals surface area (Å²) in [5, 5.41) is 0. The number of hydrogen-bond donors (Lipinski definition) is 1.